The van der Waals surface area contributed by atoms with Crippen molar-refractivity contribution in [2.24, 2.45) is 0 Å². The quantitative estimate of drug-likeness (QED) is 0.489. The van der Waals surface area contributed by atoms with E-state index in [-0.39, 0.29) is 33.3 Å². The Kier molecular flexibility index (Phi) is 9.49. The van der Waals surface area contributed by atoms with Crippen molar-refractivity contribution in [2.75, 3.05) is 6.61 Å². The summed E-state index contributed by atoms with van der Waals surface area (Å²) in [7, 11) is 0. The fraction of sp³-hybridized carbons (Fsp3) is 0.750. The molecule has 0 atom stereocenters. The topological polar surface area (TPSA) is 26.3 Å². The van der Waals surface area contributed by atoms with E-state index in [9.17, 15) is 4.79 Å². The Morgan fingerprint density at radius 3 is 2.14 bits per heavy atom. The molecule has 0 saturated carbocycles. The summed E-state index contributed by atoms with van der Waals surface area (Å²) in [5, 5.41) is 0. The summed E-state index contributed by atoms with van der Waals surface area (Å²) in [6.07, 6.45) is 0. The van der Waals surface area contributed by atoms with Gasteiger partial charge in [-0.2, -0.15) is 0 Å². The first-order valence-corrected chi connectivity index (χ1v) is 1.90. The first-order chi connectivity index (χ1) is 2.77. The van der Waals surface area contributed by atoms with Crippen LogP contribution in [-0.2, 0) is 9.53 Å². The molecule has 0 fully saturated rings. The third kappa shape index (κ3) is 10.7. The van der Waals surface area contributed by atoms with Crippen molar-refractivity contribution in [3.8, 4) is 0 Å². The van der Waals surface area contributed by atoms with E-state index >= 15 is 0 Å². The summed E-state index contributed by atoms with van der Waals surface area (Å²) in [4.78, 5) is 9.82. The molecule has 0 unspecified atom stereocenters. The van der Waals surface area contributed by atoms with E-state index in [1.54, 1.807) is 6.92 Å². The molecule has 3 heteroatoms. The molecular formula is C4H10O2Pb. The molecule has 0 aromatic rings. The fourth-order valence-electron chi connectivity index (χ4n) is 0.203. The van der Waals surface area contributed by atoms with Crippen molar-refractivity contribution in [2.45, 2.75) is 13.8 Å². The normalized spacial score (nSPS) is 6.57. The van der Waals surface area contributed by atoms with Crippen LogP contribution < -0.4 is 0 Å². The second-order valence-corrected chi connectivity index (χ2v) is 0.925. The van der Waals surface area contributed by atoms with Gasteiger partial charge in [0.05, 0.1) is 6.61 Å². The third-order valence-electron chi connectivity index (χ3n) is 0.348. The predicted octanol–water partition coefficient (Wildman–Crippen LogP) is -0.347. The van der Waals surface area contributed by atoms with Crippen LogP contribution in [0.1, 0.15) is 13.8 Å². The summed E-state index contributed by atoms with van der Waals surface area (Å²) in [6, 6.07) is 0. The first kappa shape index (κ1) is 10.4. The molecule has 0 N–H and O–H groups in total. The molecule has 0 heterocycles. The number of rotatable bonds is 1. The van der Waals surface area contributed by atoms with Gasteiger partial charge in [0, 0.05) is 6.92 Å². The zero-order chi connectivity index (χ0) is 4.99. The second-order valence-electron chi connectivity index (χ2n) is 0.925. The van der Waals surface area contributed by atoms with Crippen LogP contribution in [0.4, 0.5) is 0 Å². The summed E-state index contributed by atoms with van der Waals surface area (Å²) in [5.74, 6) is -0.211. The number of hydrogen-bond acceptors (Lipinski definition) is 2. The molecule has 0 amide bonds. The van der Waals surface area contributed by atoms with E-state index in [0.29, 0.717) is 6.61 Å². The van der Waals surface area contributed by atoms with Crippen molar-refractivity contribution < 1.29 is 9.53 Å². The number of esters is 1. The summed E-state index contributed by atoms with van der Waals surface area (Å²) in [5.41, 5.74) is 0. The zero-order valence-electron chi connectivity index (χ0n) is 4.73. The maximum atomic E-state index is 9.82. The number of ether oxygens (including phenoxy) is 1. The Morgan fingerprint density at radius 2 is 2.14 bits per heavy atom. The molecule has 42 valence electrons. The van der Waals surface area contributed by atoms with Gasteiger partial charge in [0.15, 0.2) is 0 Å². The Hall–Kier alpha value is 0.392. The van der Waals surface area contributed by atoms with Crippen molar-refractivity contribution in [3.63, 3.8) is 0 Å². The van der Waals surface area contributed by atoms with E-state index in [0.717, 1.165) is 0 Å². The van der Waals surface area contributed by atoms with Gasteiger partial charge in [-0.25, -0.2) is 0 Å². The molecule has 0 aliphatic carbocycles. The molecule has 0 rings (SSSR count). The molecule has 2 radical (unpaired) electrons. The van der Waals surface area contributed by atoms with Crippen molar-refractivity contribution >= 4 is 33.3 Å². The number of hydrogen-bond donors (Lipinski definition) is 0. The van der Waals surface area contributed by atoms with Gasteiger partial charge in [0.2, 0.25) is 0 Å². The molecule has 0 aromatic carbocycles. The van der Waals surface area contributed by atoms with Gasteiger partial charge >= 0.3 is 33.3 Å². The van der Waals surface area contributed by atoms with Crippen LogP contribution >= 0.6 is 0 Å². The van der Waals surface area contributed by atoms with Gasteiger partial charge in [-0.3, -0.25) is 4.79 Å². The zero-order valence-corrected chi connectivity index (χ0v) is 10.2. The summed E-state index contributed by atoms with van der Waals surface area (Å²) < 4.78 is 4.40. The summed E-state index contributed by atoms with van der Waals surface area (Å²) >= 11 is 0. The van der Waals surface area contributed by atoms with Crippen LogP contribution in [0.15, 0.2) is 0 Å². The van der Waals surface area contributed by atoms with Crippen molar-refractivity contribution in [3.05, 3.63) is 0 Å². The van der Waals surface area contributed by atoms with Crippen LogP contribution in [0.2, 0.25) is 0 Å². The maximum absolute atomic E-state index is 9.82. The minimum atomic E-state index is -0.211. The Balaban J connectivity index is 0. The second kappa shape index (κ2) is 6.39. The first-order valence-electron chi connectivity index (χ1n) is 1.90. The van der Waals surface area contributed by atoms with Gasteiger partial charge in [-0.05, 0) is 6.92 Å². The minimum absolute atomic E-state index is 0. The van der Waals surface area contributed by atoms with Gasteiger partial charge in [-0.15, -0.1) is 0 Å². The molecule has 0 aromatic heterocycles. The van der Waals surface area contributed by atoms with E-state index in [1.165, 1.54) is 6.92 Å². The molecule has 0 bridgehead atoms. The van der Waals surface area contributed by atoms with Crippen molar-refractivity contribution in [1.82, 2.24) is 0 Å². The van der Waals surface area contributed by atoms with Crippen LogP contribution in [-0.4, -0.2) is 39.9 Å². The Bertz CT molecular complexity index is 53.7. The number of carbonyl (C=O) groups is 1. The number of carbonyl (C=O) groups excluding carboxylic acids is 1. The molecule has 0 aliphatic rings. The van der Waals surface area contributed by atoms with Crippen molar-refractivity contribution in [1.29, 1.82) is 0 Å². The van der Waals surface area contributed by atoms with Gasteiger partial charge < -0.3 is 4.74 Å². The Morgan fingerprint density at radius 1 is 1.71 bits per heavy atom. The molecule has 0 aliphatic heterocycles. The summed E-state index contributed by atoms with van der Waals surface area (Å²) in [6.45, 7) is 3.65. The van der Waals surface area contributed by atoms with E-state index in [2.05, 4.69) is 4.74 Å². The molecule has 0 spiro atoms. The molecular weight excluding hydrogens is 287 g/mol. The standard InChI is InChI=1S/C4H8O2.Pb.2H/c1-3-6-4(2)5;;;/h3H2,1-2H3;;;. The molecule has 7 heavy (non-hydrogen) atoms. The Labute approximate surface area is 63.4 Å². The van der Waals surface area contributed by atoms with Crippen LogP contribution in [0.25, 0.3) is 0 Å². The SMILES string of the molecule is CCOC(C)=O.[PbH2]. The molecule has 2 nitrogen and oxygen atoms in total. The average molecular weight is 297 g/mol. The predicted molar refractivity (Wildman–Crippen MR) is 30.9 cm³/mol. The van der Waals surface area contributed by atoms with Gasteiger partial charge in [0.25, 0.3) is 0 Å². The molecule has 0 saturated heterocycles. The van der Waals surface area contributed by atoms with Crippen LogP contribution in [0.3, 0.4) is 0 Å². The third-order valence-corrected chi connectivity index (χ3v) is 0.348. The van der Waals surface area contributed by atoms with E-state index < -0.39 is 0 Å². The van der Waals surface area contributed by atoms with E-state index in [4.69, 9.17) is 0 Å². The van der Waals surface area contributed by atoms with Crippen LogP contribution in [0.5, 0.6) is 0 Å². The monoisotopic (exact) mass is 298 g/mol. The van der Waals surface area contributed by atoms with Gasteiger partial charge in [-0.1, -0.05) is 0 Å². The van der Waals surface area contributed by atoms with Crippen LogP contribution in [0, 0.1) is 0 Å². The van der Waals surface area contributed by atoms with E-state index in [1.807, 2.05) is 0 Å². The fourth-order valence-corrected chi connectivity index (χ4v) is 0.203. The average Bonchev–Trinajstić information content (AvgIpc) is 1.35. The van der Waals surface area contributed by atoms with Gasteiger partial charge in [0.1, 0.15) is 0 Å².